The Kier molecular flexibility index (Phi) is 4.20. The topological polar surface area (TPSA) is 58.4 Å². The largest absolute Gasteiger partial charge is 0.371 e. The van der Waals surface area contributed by atoms with Crippen molar-refractivity contribution in [3.63, 3.8) is 0 Å². The van der Waals surface area contributed by atoms with Gasteiger partial charge in [0, 0.05) is 18.8 Å². The Morgan fingerprint density at radius 3 is 3.00 bits per heavy atom. The van der Waals surface area contributed by atoms with Crippen molar-refractivity contribution in [2.24, 2.45) is 5.73 Å². The van der Waals surface area contributed by atoms with Crippen LogP contribution in [0.25, 0.3) is 0 Å². The number of aryl methyl sites for hydroxylation is 1. The van der Waals surface area contributed by atoms with Gasteiger partial charge in [0.2, 0.25) is 5.91 Å². The van der Waals surface area contributed by atoms with Gasteiger partial charge in [-0.2, -0.15) is 0 Å². The van der Waals surface area contributed by atoms with E-state index in [0.717, 1.165) is 25.9 Å². The smallest absolute Gasteiger partial charge is 0.234 e. The molecular formula is C14H21N3O. The van der Waals surface area contributed by atoms with Crippen LogP contribution in [0.1, 0.15) is 18.4 Å². The van der Waals surface area contributed by atoms with E-state index in [4.69, 9.17) is 5.73 Å². The summed E-state index contributed by atoms with van der Waals surface area (Å²) in [5, 5.41) is 2.96. The van der Waals surface area contributed by atoms with Gasteiger partial charge in [-0.25, -0.2) is 0 Å². The van der Waals surface area contributed by atoms with Gasteiger partial charge in [-0.3, -0.25) is 4.79 Å². The summed E-state index contributed by atoms with van der Waals surface area (Å²) >= 11 is 0. The molecule has 1 atom stereocenters. The van der Waals surface area contributed by atoms with Crippen molar-refractivity contribution in [2.75, 3.05) is 25.0 Å². The van der Waals surface area contributed by atoms with Gasteiger partial charge < -0.3 is 16.0 Å². The number of nitrogens with one attached hydrogen (secondary N) is 1. The lowest BCUT2D eigenvalue weighted by atomic mass is 10.0. The van der Waals surface area contributed by atoms with Crippen LogP contribution in [0.5, 0.6) is 0 Å². The third-order valence-corrected chi connectivity index (χ3v) is 3.59. The molecule has 0 aromatic heterocycles. The highest BCUT2D eigenvalue weighted by molar-refractivity contribution is 5.79. The number of carbonyl (C=O) groups is 1. The van der Waals surface area contributed by atoms with Crippen LogP contribution in [0, 0.1) is 0 Å². The average molecular weight is 247 g/mol. The maximum absolute atomic E-state index is 11.2. The first kappa shape index (κ1) is 12.9. The minimum atomic E-state index is -0.275. The van der Waals surface area contributed by atoms with Crippen molar-refractivity contribution in [1.82, 2.24) is 5.32 Å². The molecule has 1 aliphatic heterocycles. The van der Waals surface area contributed by atoms with Gasteiger partial charge >= 0.3 is 0 Å². The van der Waals surface area contributed by atoms with Crippen LogP contribution in [0.4, 0.5) is 5.69 Å². The zero-order valence-corrected chi connectivity index (χ0v) is 10.9. The Morgan fingerprint density at radius 1 is 1.50 bits per heavy atom. The number of nitrogens with zero attached hydrogens (tertiary/aromatic N) is 1. The predicted molar refractivity (Wildman–Crippen MR) is 73.6 cm³/mol. The number of carbonyl (C=O) groups excluding carboxylic acids is 1. The van der Waals surface area contributed by atoms with Gasteiger partial charge in [0.25, 0.3) is 0 Å². The van der Waals surface area contributed by atoms with E-state index < -0.39 is 0 Å². The molecule has 0 aliphatic carbocycles. The van der Waals surface area contributed by atoms with E-state index in [-0.39, 0.29) is 11.9 Å². The zero-order chi connectivity index (χ0) is 13.0. The van der Waals surface area contributed by atoms with Crippen molar-refractivity contribution in [3.05, 3.63) is 29.8 Å². The summed E-state index contributed by atoms with van der Waals surface area (Å²) < 4.78 is 0. The molecule has 3 N–H and O–H groups in total. The van der Waals surface area contributed by atoms with E-state index in [1.165, 1.54) is 17.7 Å². The van der Waals surface area contributed by atoms with Crippen molar-refractivity contribution in [2.45, 2.75) is 25.3 Å². The maximum Gasteiger partial charge on any atom is 0.234 e. The molecule has 0 saturated carbocycles. The number of nitrogens with two attached hydrogens (primary N) is 1. The number of amides is 1. The molecule has 1 aromatic rings. The quantitative estimate of drug-likeness (QED) is 0.813. The molecule has 1 heterocycles. The maximum atomic E-state index is 11.2. The Labute approximate surface area is 108 Å². The zero-order valence-electron chi connectivity index (χ0n) is 10.9. The Bertz CT molecular complexity index is 419. The molecule has 1 aliphatic rings. The first-order chi connectivity index (χ1) is 8.72. The van der Waals surface area contributed by atoms with Crippen LogP contribution in [-0.4, -0.2) is 32.1 Å². The van der Waals surface area contributed by atoms with Crippen LogP contribution in [-0.2, 0) is 11.2 Å². The molecule has 18 heavy (non-hydrogen) atoms. The SMILES string of the molecule is CNC(CCN1CCCc2ccccc21)C(N)=O. The van der Waals surface area contributed by atoms with Crippen molar-refractivity contribution < 1.29 is 4.79 Å². The van der Waals surface area contributed by atoms with Crippen LogP contribution in [0.2, 0.25) is 0 Å². The molecule has 1 unspecified atom stereocenters. The minimum absolute atomic E-state index is 0.237. The molecule has 1 amide bonds. The molecule has 4 nitrogen and oxygen atoms in total. The van der Waals surface area contributed by atoms with E-state index in [0.29, 0.717) is 0 Å². The number of likely N-dealkylation sites (N-methyl/N-ethyl adjacent to an activating group) is 1. The molecule has 2 rings (SSSR count). The summed E-state index contributed by atoms with van der Waals surface area (Å²) in [4.78, 5) is 13.5. The Morgan fingerprint density at radius 2 is 2.28 bits per heavy atom. The Balaban J connectivity index is 2.01. The number of fused-ring (bicyclic) bond motifs is 1. The summed E-state index contributed by atoms with van der Waals surface area (Å²) in [6.07, 6.45) is 3.08. The normalized spacial score (nSPS) is 16.2. The molecule has 98 valence electrons. The second-order valence-electron chi connectivity index (χ2n) is 4.75. The van der Waals surface area contributed by atoms with E-state index in [9.17, 15) is 4.79 Å². The monoisotopic (exact) mass is 247 g/mol. The molecule has 4 heteroatoms. The first-order valence-corrected chi connectivity index (χ1v) is 6.52. The average Bonchev–Trinajstić information content (AvgIpc) is 2.39. The third kappa shape index (κ3) is 2.82. The van der Waals surface area contributed by atoms with Crippen molar-refractivity contribution >= 4 is 11.6 Å². The Hall–Kier alpha value is -1.55. The van der Waals surface area contributed by atoms with E-state index in [1.54, 1.807) is 7.05 Å². The van der Waals surface area contributed by atoms with Crippen LogP contribution in [0.3, 0.4) is 0 Å². The molecule has 0 saturated heterocycles. The number of hydrogen-bond acceptors (Lipinski definition) is 3. The van der Waals surface area contributed by atoms with Gasteiger partial charge in [0.05, 0.1) is 6.04 Å². The highest BCUT2D eigenvalue weighted by Gasteiger charge is 2.19. The van der Waals surface area contributed by atoms with Crippen LogP contribution in [0.15, 0.2) is 24.3 Å². The molecule has 0 bridgehead atoms. The second-order valence-corrected chi connectivity index (χ2v) is 4.75. The fraction of sp³-hybridized carbons (Fsp3) is 0.500. The number of hydrogen-bond donors (Lipinski definition) is 2. The van der Waals surface area contributed by atoms with E-state index >= 15 is 0 Å². The van der Waals surface area contributed by atoms with Crippen molar-refractivity contribution in [3.8, 4) is 0 Å². The number of primary amides is 1. The highest BCUT2D eigenvalue weighted by Crippen LogP contribution is 2.26. The number of benzene rings is 1. The summed E-state index contributed by atoms with van der Waals surface area (Å²) in [5.74, 6) is -0.275. The van der Waals surface area contributed by atoms with E-state index in [1.807, 2.05) is 0 Å². The standard InChI is InChI=1S/C14H21N3O/c1-16-12(14(15)18)8-10-17-9-4-6-11-5-2-3-7-13(11)17/h2-3,5,7,12,16H,4,6,8-10H2,1H3,(H2,15,18). The van der Waals surface area contributed by atoms with Gasteiger partial charge in [-0.15, -0.1) is 0 Å². The van der Waals surface area contributed by atoms with Crippen molar-refractivity contribution in [1.29, 1.82) is 0 Å². The molecule has 0 radical (unpaired) electrons. The molecule has 1 aromatic carbocycles. The molecule has 0 spiro atoms. The van der Waals surface area contributed by atoms with Crippen LogP contribution < -0.4 is 16.0 Å². The summed E-state index contributed by atoms with van der Waals surface area (Å²) in [5.41, 5.74) is 8.05. The summed E-state index contributed by atoms with van der Waals surface area (Å²) in [7, 11) is 1.78. The molecular weight excluding hydrogens is 226 g/mol. The number of para-hydroxylation sites is 1. The fourth-order valence-corrected chi connectivity index (χ4v) is 2.56. The highest BCUT2D eigenvalue weighted by atomic mass is 16.1. The summed E-state index contributed by atoms with van der Waals surface area (Å²) in [6, 6.07) is 8.26. The first-order valence-electron chi connectivity index (χ1n) is 6.52. The second kappa shape index (κ2) is 5.87. The van der Waals surface area contributed by atoms with Gasteiger partial charge in [-0.05, 0) is 37.9 Å². The minimum Gasteiger partial charge on any atom is -0.371 e. The fourth-order valence-electron chi connectivity index (χ4n) is 2.56. The lowest BCUT2D eigenvalue weighted by Gasteiger charge is -2.32. The number of anilines is 1. The van der Waals surface area contributed by atoms with E-state index in [2.05, 4.69) is 34.5 Å². The lowest BCUT2D eigenvalue weighted by Crippen LogP contribution is -2.42. The van der Waals surface area contributed by atoms with Gasteiger partial charge in [0.15, 0.2) is 0 Å². The number of rotatable bonds is 5. The van der Waals surface area contributed by atoms with Gasteiger partial charge in [0.1, 0.15) is 0 Å². The lowest BCUT2D eigenvalue weighted by molar-refractivity contribution is -0.120. The third-order valence-electron chi connectivity index (χ3n) is 3.59. The predicted octanol–water partition coefficient (Wildman–Crippen LogP) is 0.903. The molecule has 0 fully saturated rings. The van der Waals surface area contributed by atoms with Crippen LogP contribution >= 0.6 is 0 Å². The summed E-state index contributed by atoms with van der Waals surface area (Å²) in [6.45, 7) is 1.93. The van der Waals surface area contributed by atoms with Gasteiger partial charge in [-0.1, -0.05) is 18.2 Å².